The van der Waals surface area contributed by atoms with Gasteiger partial charge in [0.2, 0.25) is 0 Å². The molecule has 3 rings (SSSR count). The van der Waals surface area contributed by atoms with Crippen molar-refractivity contribution in [2.75, 3.05) is 18.0 Å². The molecule has 6 N–H and O–H groups in total. The van der Waals surface area contributed by atoms with Crippen LogP contribution in [0, 0.1) is 0 Å². The number of alkyl halides is 2. The van der Waals surface area contributed by atoms with Crippen molar-refractivity contribution in [3.8, 4) is 0 Å². The largest absolute Gasteiger partial charge is 0.480 e. The molecule has 0 bridgehead atoms. The first-order chi connectivity index (χ1) is 15.6. The van der Waals surface area contributed by atoms with E-state index in [1.54, 1.807) is 30.5 Å². The first-order valence-corrected chi connectivity index (χ1v) is 10.4. The van der Waals surface area contributed by atoms with Crippen LogP contribution >= 0.6 is 0 Å². The average Bonchev–Trinajstić information content (AvgIpc) is 2.78. The Hall–Kier alpha value is -3.60. The van der Waals surface area contributed by atoms with Crippen LogP contribution in [0.15, 0.2) is 47.6 Å². The summed E-state index contributed by atoms with van der Waals surface area (Å²) in [6.45, 7) is 0.615. The lowest BCUT2D eigenvalue weighted by Crippen LogP contribution is -2.40. The molecule has 1 atom stereocenters. The molecule has 176 valence electrons. The molecule has 1 aromatic heterocycles. The second-order valence-electron chi connectivity index (χ2n) is 7.83. The van der Waals surface area contributed by atoms with E-state index in [2.05, 4.69) is 15.3 Å². The van der Waals surface area contributed by atoms with Gasteiger partial charge in [-0.15, -0.1) is 0 Å². The smallest absolute Gasteiger partial charge is 0.320 e. The van der Waals surface area contributed by atoms with Gasteiger partial charge in [0.05, 0.1) is 0 Å². The van der Waals surface area contributed by atoms with Gasteiger partial charge in [-0.1, -0.05) is 18.2 Å². The highest BCUT2D eigenvalue weighted by Gasteiger charge is 2.34. The summed E-state index contributed by atoms with van der Waals surface area (Å²) >= 11 is 0. The van der Waals surface area contributed by atoms with Crippen molar-refractivity contribution in [3.05, 3.63) is 59.3 Å². The number of pyridine rings is 1. The molecule has 1 amide bonds. The molecule has 33 heavy (non-hydrogen) atoms. The van der Waals surface area contributed by atoms with Crippen LogP contribution in [0.4, 0.5) is 14.6 Å². The van der Waals surface area contributed by atoms with E-state index in [4.69, 9.17) is 16.6 Å². The average molecular weight is 460 g/mol. The summed E-state index contributed by atoms with van der Waals surface area (Å²) in [4.78, 5) is 33.2. The number of aromatic nitrogens is 1. The van der Waals surface area contributed by atoms with E-state index in [1.807, 2.05) is 4.90 Å². The van der Waals surface area contributed by atoms with Gasteiger partial charge in [-0.25, -0.2) is 13.8 Å². The van der Waals surface area contributed by atoms with Gasteiger partial charge in [-0.3, -0.25) is 9.59 Å². The van der Waals surface area contributed by atoms with E-state index in [9.17, 15) is 18.4 Å². The monoisotopic (exact) mass is 460 g/mol. The highest BCUT2D eigenvalue weighted by atomic mass is 19.3. The number of halogens is 2. The number of nitrogens with two attached hydrogens (primary N) is 2. The fourth-order valence-corrected chi connectivity index (χ4v) is 3.42. The lowest BCUT2D eigenvalue weighted by molar-refractivity contribution is -0.138. The van der Waals surface area contributed by atoms with Gasteiger partial charge in [0.1, 0.15) is 11.9 Å². The van der Waals surface area contributed by atoms with Crippen LogP contribution < -0.4 is 21.7 Å². The number of anilines is 1. The predicted molar refractivity (Wildman–Crippen MR) is 119 cm³/mol. The van der Waals surface area contributed by atoms with Crippen molar-refractivity contribution in [1.82, 2.24) is 10.3 Å². The number of carboxylic acid groups (broad SMARTS) is 1. The van der Waals surface area contributed by atoms with E-state index >= 15 is 0 Å². The molecule has 0 radical (unpaired) electrons. The van der Waals surface area contributed by atoms with Crippen LogP contribution in [0.3, 0.4) is 0 Å². The zero-order chi connectivity index (χ0) is 24.0. The van der Waals surface area contributed by atoms with Crippen molar-refractivity contribution in [2.24, 2.45) is 16.5 Å². The Bertz CT molecular complexity index is 1020. The van der Waals surface area contributed by atoms with E-state index in [0.717, 1.165) is 5.56 Å². The van der Waals surface area contributed by atoms with E-state index in [-0.39, 0.29) is 50.4 Å². The summed E-state index contributed by atoms with van der Waals surface area (Å²) in [6.07, 6.45) is 1.28. The summed E-state index contributed by atoms with van der Waals surface area (Å²) in [5, 5.41) is 11.7. The van der Waals surface area contributed by atoms with Crippen LogP contribution in [0.2, 0.25) is 0 Å². The van der Waals surface area contributed by atoms with Gasteiger partial charge in [-0.05, 0) is 30.2 Å². The van der Waals surface area contributed by atoms with E-state index < -0.39 is 23.8 Å². The number of amides is 1. The van der Waals surface area contributed by atoms with Crippen molar-refractivity contribution in [2.45, 2.75) is 37.8 Å². The number of carbonyl (C=O) groups is 2. The number of aliphatic imine (C=N–C) groups is 1. The fourth-order valence-electron chi connectivity index (χ4n) is 3.42. The molecule has 0 spiro atoms. The lowest BCUT2D eigenvalue weighted by atomic mass is 10.0. The number of hydrogen-bond donors (Lipinski definition) is 4. The molecule has 2 aromatic rings. The topological polar surface area (TPSA) is 147 Å². The zero-order valence-electron chi connectivity index (χ0n) is 17.9. The number of nitrogens with one attached hydrogen (secondary N) is 1. The molecule has 1 saturated heterocycles. The number of rotatable bonds is 7. The van der Waals surface area contributed by atoms with E-state index in [0.29, 0.717) is 11.4 Å². The summed E-state index contributed by atoms with van der Waals surface area (Å²) < 4.78 is 26.9. The molecule has 1 fully saturated rings. The fraction of sp³-hybridized carbons (Fsp3) is 0.364. The minimum Gasteiger partial charge on any atom is -0.480 e. The summed E-state index contributed by atoms with van der Waals surface area (Å²) in [7, 11) is 0. The molecule has 2 heterocycles. The van der Waals surface area contributed by atoms with Gasteiger partial charge >= 0.3 is 5.97 Å². The summed E-state index contributed by atoms with van der Waals surface area (Å²) in [5.41, 5.74) is 13.1. The first-order valence-electron chi connectivity index (χ1n) is 10.4. The standard InChI is InChI=1S/C22H26F2N6O3/c23-22(24)7-10-30(11-8-22)18-16(2-1-9-27-18)13-28-21(26)29-19(31)15-5-3-14(4-6-15)12-17(25)20(32)33/h1-6,9,17H,7-8,10-13,25H2,(H,32,33)(H3,26,28,29,31)/t17-/m0/s1. The predicted octanol–water partition coefficient (Wildman–Crippen LogP) is 1.52. The number of nitrogens with zero attached hydrogens (tertiary/aromatic N) is 3. The minimum absolute atomic E-state index is 0.100. The van der Waals surface area contributed by atoms with Crippen LogP contribution in [0.1, 0.15) is 34.3 Å². The molecule has 1 aliphatic heterocycles. The molecule has 11 heteroatoms. The molecule has 0 saturated carbocycles. The Labute approximate surface area is 189 Å². The second-order valence-corrected chi connectivity index (χ2v) is 7.83. The highest BCUT2D eigenvalue weighted by Crippen LogP contribution is 2.30. The van der Waals surface area contributed by atoms with Crippen LogP contribution in [-0.2, 0) is 17.8 Å². The van der Waals surface area contributed by atoms with Gasteiger partial charge in [-0.2, -0.15) is 4.99 Å². The summed E-state index contributed by atoms with van der Waals surface area (Å²) in [6, 6.07) is 8.78. The number of piperidine rings is 1. The van der Waals surface area contributed by atoms with Gasteiger partial charge in [0.15, 0.2) is 5.96 Å². The quantitative estimate of drug-likeness (QED) is 0.359. The number of guanidine groups is 1. The highest BCUT2D eigenvalue weighted by molar-refractivity contribution is 6.02. The lowest BCUT2D eigenvalue weighted by Gasteiger charge is -2.33. The number of carbonyl (C=O) groups excluding carboxylic acids is 1. The second kappa shape index (κ2) is 10.3. The Balaban J connectivity index is 1.60. The number of hydrogen-bond acceptors (Lipinski definition) is 5. The SMILES string of the molecule is N/C(=N\C(=O)c1ccc(C[C@H](N)C(=O)O)cc1)NCc1cccnc1N1CCC(F)(F)CC1. The Morgan fingerprint density at radius 2 is 1.88 bits per heavy atom. The van der Waals surface area contributed by atoms with E-state index in [1.165, 1.54) is 12.1 Å². The first kappa shape index (κ1) is 24.1. The maximum absolute atomic E-state index is 13.5. The van der Waals surface area contributed by atoms with Crippen LogP contribution in [0.5, 0.6) is 0 Å². The van der Waals surface area contributed by atoms with Crippen LogP contribution in [-0.4, -0.2) is 53.0 Å². The molecule has 0 unspecified atom stereocenters. The summed E-state index contributed by atoms with van der Waals surface area (Å²) in [5.74, 6) is -3.83. The number of benzene rings is 1. The molecule has 0 aliphatic carbocycles. The van der Waals surface area contributed by atoms with Crippen molar-refractivity contribution in [1.29, 1.82) is 0 Å². The third-order valence-corrected chi connectivity index (χ3v) is 5.32. The van der Waals surface area contributed by atoms with Crippen LogP contribution in [0.25, 0.3) is 0 Å². The number of aliphatic carboxylic acids is 1. The Morgan fingerprint density at radius 3 is 2.52 bits per heavy atom. The Kier molecular flexibility index (Phi) is 7.54. The maximum Gasteiger partial charge on any atom is 0.320 e. The molecular weight excluding hydrogens is 434 g/mol. The molecule has 9 nitrogen and oxygen atoms in total. The molecule has 1 aliphatic rings. The minimum atomic E-state index is -2.65. The van der Waals surface area contributed by atoms with Crippen molar-refractivity contribution >= 4 is 23.7 Å². The van der Waals surface area contributed by atoms with Crippen molar-refractivity contribution < 1.29 is 23.5 Å². The third-order valence-electron chi connectivity index (χ3n) is 5.32. The number of carboxylic acids is 1. The zero-order valence-corrected chi connectivity index (χ0v) is 17.9. The van der Waals surface area contributed by atoms with Gasteiger partial charge in [0, 0.05) is 49.8 Å². The maximum atomic E-state index is 13.5. The third kappa shape index (κ3) is 6.69. The Morgan fingerprint density at radius 1 is 1.21 bits per heavy atom. The van der Waals surface area contributed by atoms with Gasteiger partial charge in [0.25, 0.3) is 11.8 Å². The normalized spacial score (nSPS) is 16.8. The van der Waals surface area contributed by atoms with Gasteiger partial charge < -0.3 is 26.8 Å². The molecular formula is C22H26F2N6O3. The molecule has 1 aromatic carbocycles. The van der Waals surface area contributed by atoms with Crippen molar-refractivity contribution in [3.63, 3.8) is 0 Å².